The van der Waals surface area contributed by atoms with E-state index in [9.17, 15) is 4.79 Å². The van der Waals surface area contributed by atoms with Gasteiger partial charge in [-0.3, -0.25) is 0 Å². The number of likely N-dealkylation sites (tertiary alicyclic amines) is 1. The summed E-state index contributed by atoms with van der Waals surface area (Å²) in [6.45, 7) is 2.14. The minimum absolute atomic E-state index is 0.0113. The molecule has 3 heteroatoms. The Morgan fingerprint density at radius 1 is 1.50 bits per heavy atom. The smallest absolute Gasteiger partial charge is 0.127 e. The van der Waals surface area contributed by atoms with Crippen molar-refractivity contribution in [3.8, 4) is 5.75 Å². The number of ether oxygens (including phenoxy) is 1. The van der Waals surface area contributed by atoms with Crippen molar-refractivity contribution < 1.29 is 9.53 Å². The maximum absolute atomic E-state index is 11.5. The Hall–Kier alpha value is -1.35. The van der Waals surface area contributed by atoms with E-state index in [1.165, 1.54) is 6.42 Å². The van der Waals surface area contributed by atoms with Crippen LogP contribution in [0.4, 0.5) is 0 Å². The molecule has 3 nitrogen and oxygen atoms in total. The third-order valence-electron chi connectivity index (χ3n) is 3.79. The molecule has 2 rings (SSSR count). The summed E-state index contributed by atoms with van der Waals surface area (Å²) >= 11 is 0. The summed E-state index contributed by atoms with van der Waals surface area (Å²) in [5.41, 5.74) is 1.07. The third-order valence-corrected chi connectivity index (χ3v) is 3.79. The van der Waals surface area contributed by atoms with E-state index < -0.39 is 0 Å². The zero-order valence-electron chi connectivity index (χ0n) is 11.1. The molecule has 1 aromatic carbocycles. The molecule has 0 saturated carbocycles. The summed E-state index contributed by atoms with van der Waals surface area (Å²) in [7, 11) is 3.78. The average molecular weight is 247 g/mol. The van der Waals surface area contributed by atoms with Crippen molar-refractivity contribution in [1.82, 2.24) is 4.90 Å². The van der Waals surface area contributed by atoms with Crippen LogP contribution in [0.1, 0.15) is 24.3 Å². The molecule has 1 aromatic rings. The summed E-state index contributed by atoms with van der Waals surface area (Å²) in [6, 6.07) is 7.87. The van der Waals surface area contributed by atoms with E-state index in [1.54, 1.807) is 7.11 Å². The third kappa shape index (κ3) is 2.91. The van der Waals surface area contributed by atoms with Gasteiger partial charge < -0.3 is 14.4 Å². The monoisotopic (exact) mass is 247 g/mol. The lowest BCUT2D eigenvalue weighted by atomic mass is 9.82. The predicted molar refractivity (Wildman–Crippen MR) is 72.0 cm³/mol. The number of benzene rings is 1. The largest absolute Gasteiger partial charge is 0.497 e. The zero-order chi connectivity index (χ0) is 13.0. The Bertz CT molecular complexity index is 405. The molecule has 0 aromatic heterocycles. The molecule has 18 heavy (non-hydrogen) atoms. The Labute approximate surface area is 109 Å². The van der Waals surface area contributed by atoms with E-state index in [4.69, 9.17) is 4.74 Å². The maximum Gasteiger partial charge on any atom is 0.127 e. The predicted octanol–water partition coefficient (Wildman–Crippen LogP) is 2.32. The molecule has 1 saturated heterocycles. The first kappa shape index (κ1) is 13.1. The molecule has 0 spiro atoms. The number of carbonyl (C=O) groups is 1. The van der Waals surface area contributed by atoms with Crippen LogP contribution in [0.5, 0.6) is 5.75 Å². The second-order valence-corrected chi connectivity index (χ2v) is 5.10. The Balaban J connectivity index is 2.18. The highest BCUT2D eigenvalue weighted by molar-refractivity contribution is 5.63. The van der Waals surface area contributed by atoms with Crippen LogP contribution in [0.15, 0.2) is 24.3 Å². The van der Waals surface area contributed by atoms with E-state index in [0.29, 0.717) is 5.92 Å². The molecule has 1 heterocycles. The van der Waals surface area contributed by atoms with Crippen LogP contribution in [-0.2, 0) is 4.79 Å². The SMILES string of the molecule is COc1cccc(C(C=O)C2CCCN(C)C2)c1. The van der Waals surface area contributed by atoms with Gasteiger partial charge in [-0.05, 0) is 50.0 Å². The number of piperidine rings is 1. The van der Waals surface area contributed by atoms with Crippen molar-refractivity contribution in [2.24, 2.45) is 5.92 Å². The number of rotatable bonds is 4. The molecule has 2 atom stereocenters. The minimum atomic E-state index is -0.0113. The molecular formula is C15H21NO2. The number of carbonyl (C=O) groups excluding carboxylic acids is 1. The van der Waals surface area contributed by atoms with Gasteiger partial charge in [-0.15, -0.1) is 0 Å². The molecule has 1 fully saturated rings. The fourth-order valence-electron chi connectivity index (χ4n) is 2.81. The topological polar surface area (TPSA) is 29.5 Å². The maximum atomic E-state index is 11.5. The van der Waals surface area contributed by atoms with Gasteiger partial charge in [0.2, 0.25) is 0 Å². The van der Waals surface area contributed by atoms with Crippen LogP contribution in [-0.4, -0.2) is 38.4 Å². The van der Waals surface area contributed by atoms with E-state index in [2.05, 4.69) is 11.9 Å². The van der Waals surface area contributed by atoms with Gasteiger partial charge in [-0.2, -0.15) is 0 Å². The van der Waals surface area contributed by atoms with Crippen molar-refractivity contribution in [3.05, 3.63) is 29.8 Å². The fraction of sp³-hybridized carbons (Fsp3) is 0.533. The lowest BCUT2D eigenvalue weighted by molar-refractivity contribution is -0.110. The summed E-state index contributed by atoms with van der Waals surface area (Å²) in [6.07, 6.45) is 3.40. The number of nitrogens with zero attached hydrogens (tertiary/aromatic N) is 1. The molecule has 0 radical (unpaired) electrons. The first-order chi connectivity index (χ1) is 8.74. The van der Waals surface area contributed by atoms with Crippen molar-refractivity contribution in [1.29, 1.82) is 0 Å². The molecule has 0 N–H and O–H groups in total. The van der Waals surface area contributed by atoms with Gasteiger partial charge in [0.1, 0.15) is 12.0 Å². The standard InChI is InChI=1S/C15H21NO2/c1-16-8-4-6-13(10-16)15(11-17)12-5-3-7-14(9-12)18-2/h3,5,7,9,11,13,15H,4,6,8,10H2,1-2H3. The summed E-state index contributed by atoms with van der Waals surface area (Å²) in [5, 5.41) is 0. The number of aldehydes is 1. The van der Waals surface area contributed by atoms with Gasteiger partial charge in [-0.25, -0.2) is 0 Å². The van der Waals surface area contributed by atoms with Crippen LogP contribution in [0.25, 0.3) is 0 Å². The molecule has 0 amide bonds. The van der Waals surface area contributed by atoms with Crippen molar-refractivity contribution in [2.75, 3.05) is 27.2 Å². The number of hydrogen-bond donors (Lipinski definition) is 0. The molecule has 98 valence electrons. The van der Waals surface area contributed by atoms with Crippen molar-refractivity contribution in [2.45, 2.75) is 18.8 Å². The summed E-state index contributed by atoms with van der Waals surface area (Å²) < 4.78 is 5.23. The molecular weight excluding hydrogens is 226 g/mol. The Kier molecular flexibility index (Phi) is 4.37. The van der Waals surface area contributed by atoms with Crippen LogP contribution in [0, 0.1) is 5.92 Å². The first-order valence-electron chi connectivity index (χ1n) is 6.52. The fourth-order valence-corrected chi connectivity index (χ4v) is 2.81. The highest BCUT2D eigenvalue weighted by Gasteiger charge is 2.26. The Morgan fingerprint density at radius 3 is 3.00 bits per heavy atom. The molecule has 2 unspecified atom stereocenters. The minimum Gasteiger partial charge on any atom is -0.497 e. The zero-order valence-corrected chi connectivity index (χ0v) is 11.1. The molecule has 1 aliphatic rings. The lowest BCUT2D eigenvalue weighted by Gasteiger charge is -2.33. The van der Waals surface area contributed by atoms with Gasteiger partial charge in [0.25, 0.3) is 0 Å². The van der Waals surface area contributed by atoms with Gasteiger partial charge >= 0.3 is 0 Å². The summed E-state index contributed by atoms with van der Waals surface area (Å²) in [5.74, 6) is 1.24. The second-order valence-electron chi connectivity index (χ2n) is 5.10. The first-order valence-corrected chi connectivity index (χ1v) is 6.52. The quantitative estimate of drug-likeness (QED) is 0.765. The van der Waals surface area contributed by atoms with E-state index in [0.717, 1.165) is 37.1 Å². The van der Waals surface area contributed by atoms with Crippen LogP contribution < -0.4 is 4.74 Å². The van der Waals surface area contributed by atoms with Gasteiger partial charge in [0.05, 0.1) is 7.11 Å². The van der Waals surface area contributed by atoms with Crippen molar-refractivity contribution in [3.63, 3.8) is 0 Å². The highest BCUT2D eigenvalue weighted by atomic mass is 16.5. The van der Waals surface area contributed by atoms with Gasteiger partial charge in [-0.1, -0.05) is 12.1 Å². The number of methoxy groups -OCH3 is 1. The molecule has 0 bridgehead atoms. The average Bonchev–Trinajstić information content (AvgIpc) is 2.40. The normalized spacial score (nSPS) is 22.4. The van der Waals surface area contributed by atoms with Gasteiger partial charge in [0.15, 0.2) is 0 Å². The molecule has 1 aliphatic heterocycles. The highest BCUT2D eigenvalue weighted by Crippen LogP contribution is 2.31. The summed E-state index contributed by atoms with van der Waals surface area (Å²) in [4.78, 5) is 13.8. The van der Waals surface area contributed by atoms with Crippen molar-refractivity contribution >= 4 is 6.29 Å². The van der Waals surface area contributed by atoms with Gasteiger partial charge in [0, 0.05) is 12.5 Å². The lowest BCUT2D eigenvalue weighted by Crippen LogP contribution is -2.35. The van der Waals surface area contributed by atoms with Crippen LogP contribution in [0.3, 0.4) is 0 Å². The molecule has 0 aliphatic carbocycles. The number of hydrogen-bond acceptors (Lipinski definition) is 3. The van der Waals surface area contributed by atoms with Crippen LogP contribution >= 0.6 is 0 Å². The second kappa shape index (κ2) is 6.01. The van der Waals surface area contributed by atoms with E-state index >= 15 is 0 Å². The Morgan fingerprint density at radius 2 is 2.33 bits per heavy atom. The van der Waals surface area contributed by atoms with Crippen LogP contribution in [0.2, 0.25) is 0 Å². The van der Waals surface area contributed by atoms with E-state index in [1.807, 2.05) is 24.3 Å². The van der Waals surface area contributed by atoms with E-state index in [-0.39, 0.29) is 5.92 Å².